The van der Waals surface area contributed by atoms with E-state index < -0.39 is 0 Å². The molecule has 0 bridgehead atoms. The Balaban J connectivity index is 0.00000480. The van der Waals surface area contributed by atoms with Crippen molar-refractivity contribution in [3.8, 4) is 45.4 Å². The number of unbranched alkanes of at least 4 members (excludes halogenated alkanes) is 1. The summed E-state index contributed by atoms with van der Waals surface area (Å²) in [6, 6.07) is 43.7. The molecule has 0 amide bonds. The number of hydrogen-bond donors (Lipinski definition) is 0. The van der Waals surface area contributed by atoms with E-state index in [0.717, 1.165) is 80.7 Å². The van der Waals surface area contributed by atoms with Gasteiger partial charge in [0.15, 0.2) is 0 Å². The van der Waals surface area contributed by atoms with Crippen molar-refractivity contribution in [3.05, 3.63) is 155 Å². The van der Waals surface area contributed by atoms with E-state index >= 15 is 0 Å². The van der Waals surface area contributed by atoms with E-state index in [0.29, 0.717) is 11.5 Å². The first kappa shape index (κ1) is 39.0. The predicted molar refractivity (Wildman–Crippen MR) is 227 cm³/mol. The fourth-order valence-corrected chi connectivity index (χ4v) is 7.98. The average molecular weight is 827 g/mol. The van der Waals surface area contributed by atoms with Crippen molar-refractivity contribution in [3.63, 3.8) is 0 Å². The van der Waals surface area contributed by atoms with Crippen LogP contribution in [-0.4, -0.2) is 19.3 Å². The number of pyridine rings is 1. The van der Waals surface area contributed by atoms with Crippen LogP contribution >= 0.6 is 0 Å². The first-order valence-electron chi connectivity index (χ1n) is 19.4. The Bertz CT molecular complexity index is 2670. The van der Waals surface area contributed by atoms with Crippen LogP contribution in [0.1, 0.15) is 74.0 Å². The number of ether oxygens (including phenoxy) is 1. The zero-order valence-electron chi connectivity index (χ0n) is 33.5. The van der Waals surface area contributed by atoms with Gasteiger partial charge >= 0.3 is 20.4 Å². The van der Waals surface area contributed by atoms with Crippen LogP contribution in [0.5, 0.6) is 11.5 Å². The molecule has 284 valence electrons. The van der Waals surface area contributed by atoms with Gasteiger partial charge in [0.05, 0.1) is 11.4 Å². The second-order valence-corrected chi connectivity index (χ2v) is 15.9. The van der Waals surface area contributed by atoms with Gasteiger partial charge in [0, 0.05) is 34.3 Å². The molecular formula is C50H48N4OPd. The second-order valence-electron chi connectivity index (χ2n) is 15.9. The Morgan fingerprint density at radius 3 is 2.20 bits per heavy atom. The number of fused-ring (bicyclic) bond motifs is 3. The summed E-state index contributed by atoms with van der Waals surface area (Å²) in [6.45, 7) is 17.6. The summed E-state index contributed by atoms with van der Waals surface area (Å²) in [6.07, 6.45) is 5.24. The summed E-state index contributed by atoms with van der Waals surface area (Å²) < 4.78 is 11.1. The molecular weight excluding hydrogens is 779 g/mol. The van der Waals surface area contributed by atoms with E-state index in [9.17, 15) is 0 Å². The normalized spacial score (nSPS) is 11.6. The van der Waals surface area contributed by atoms with Gasteiger partial charge in [-0.15, -0.1) is 41.3 Å². The number of nitrogens with zero attached hydrogens (tertiary/aromatic N) is 4. The maximum absolute atomic E-state index is 6.78. The number of aromatic nitrogens is 4. The topological polar surface area (TPSA) is 44.9 Å². The molecule has 56 heavy (non-hydrogen) atoms. The van der Waals surface area contributed by atoms with Crippen molar-refractivity contribution in [2.75, 3.05) is 0 Å². The van der Waals surface area contributed by atoms with Gasteiger partial charge in [0.1, 0.15) is 5.82 Å². The van der Waals surface area contributed by atoms with Crippen LogP contribution in [-0.2, 0) is 32.3 Å². The fraction of sp³-hybridized carbons (Fsp3) is 0.240. The molecule has 5 nitrogen and oxygen atoms in total. The zero-order valence-corrected chi connectivity index (χ0v) is 35.1. The third-order valence-corrected chi connectivity index (χ3v) is 10.6. The first-order valence-corrected chi connectivity index (χ1v) is 19.4. The van der Waals surface area contributed by atoms with E-state index in [-0.39, 0.29) is 25.8 Å². The van der Waals surface area contributed by atoms with Crippen LogP contribution in [0.15, 0.2) is 109 Å². The van der Waals surface area contributed by atoms with Crippen LogP contribution in [0, 0.1) is 39.8 Å². The minimum absolute atomic E-state index is 0. The van der Waals surface area contributed by atoms with Crippen molar-refractivity contribution in [2.24, 2.45) is 0 Å². The van der Waals surface area contributed by atoms with Gasteiger partial charge in [-0.1, -0.05) is 106 Å². The fourth-order valence-electron chi connectivity index (χ4n) is 7.98. The van der Waals surface area contributed by atoms with Crippen molar-refractivity contribution in [1.29, 1.82) is 0 Å². The van der Waals surface area contributed by atoms with Crippen LogP contribution in [0.3, 0.4) is 0 Å². The molecule has 0 aliphatic heterocycles. The quantitative estimate of drug-likeness (QED) is 0.108. The maximum atomic E-state index is 6.78. The average Bonchev–Trinajstić information content (AvgIpc) is 3.68. The molecule has 0 spiro atoms. The molecule has 0 aliphatic rings. The number of benzene rings is 5. The van der Waals surface area contributed by atoms with E-state index in [1.165, 1.54) is 27.8 Å². The van der Waals surface area contributed by atoms with E-state index in [4.69, 9.17) is 14.8 Å². The van der Waals surface area contributed by atoms with E-state index in [2.05, 4.69) is 174 Å². The van der Waals surface area contributed by atoms with E-state index in [1.54, 1.807) is 0 Å². The molecule has 0 aliphatic carbocycles. The number of para-hydroxylation sites is 1. The molecule has 0 unspecified atom stereocenters. The Kier molecular flexibility index (Phi) is 10.9. The predicted octanol–water partition coefficient (Wildman–Crippen LogP) is 13.0. The molecule has 0 N–H and O–H groups in total. The smallest absolute Gasteiger partial charge is 0.509 e. The largest absolute Gasteiger partial charge is 2.00 e. The molecule has 0 saturated carbocycles. The Labute approximate surface area is 345 Å². The summed E-state index contributed by atoms with van der Waals surface area (Å²) in [5.41, 5.74) is 14.2. The summed E-state index contributed by atoms with van der Waals surface area (Å²) in [5.74, 6) is 2.10. The Hall–Kier alpha value is -5.28. The Morgan fingerprint density at radius 1 is 0.732 bits per heavy atom. The van der Waals surface area contributed by atoms with Gasteiger partial charge in [0.25, 0.3) is 0 Å². The van der Waals surface area contributed by atoms with Crippen LogP contribution in [0.25, 0.3) is 55.7 Å². The van der Waals surface area contributed by atoms with Gasteiger partial charge in [-0.25, -0.2) is 4.98 Å². The van der Waals surface area contributed by atoms with Gasteiger partial charge in [-0.05, 0) is 97.5 Å². The van der Waals surface area contributed by atoms with Crippen molar-refractivity contribution in [2.45, 2.75) is 80.1 Å². The molecule has 8 rings (SSSR count). The summed E-state index contributed by atoms with van der Waals surface area (Å²) in [4.78, 5) is 4.85. The maximum Gasteiger partial charge on any atom is 2.00 e. The standard InChI is InChI=1S/C50H48N4O.Pd/c1-9-10-16-36-23-24-51-46(27-36)53-44-20-15-14-19-42(44)43-22-21-40(31-45(43)53)55-41-29-38(50(6,7)8)28-39(30-41)54-49(37-17-12-11-13-18-37)48(35(5)52-54)47-33(3)25-32(2)26-34(47)4;/h11-15,17-29H,9-10,16H2,1-8H3;/q-2;+2. The van der Waals surface area contributed by atoms with Crippen molar-refractivity contribution in [1.82, 2.24) is 19.3 Å². The van der Waals surface area contributed by atoms with Crippen molar-refractivity contribution < 1.29 is 25.2 Å². The van der Waals surface area contributed by atoms with Crippen molar-refractivity contribution >= 4 is 21.8 Å². The minimum Gasteiger partial charge on any atom is -0.509 e. The summed E-state index contributed by atoms with van der Waals surface area (Å²) >= 11 is 0. The Morgan fingerprint density at radius 2 is 1.46 bits per heavy atom. The SMILES string of the molecule is CCCCc1ccnc(-n2c3[c-]c(Oc4[c-]c(-n5nc(C)c(-c6c(C)cc(C)cc6C)c5-c5ccccc5)cc(C(C)(C)C)c4)ccc3c3ccccc32)c1.[Pd+2]. The molecule has 3 heterocycles. The zero-order chi connectivity index (χ0) is 38.4. The van der Waals surface area contributed by atoms with Crippen LogP contribution in [0.4, 0.5) is 0 Å². The molecule has 0 saturated heterocycles. The van der Waals surface area contributed by atoms with Gasteiger partial charge < -0.3 is 9.30 Å². The first-order chi connectivity index (χ1) is 26.5. The molecule has 5 aromatic carbocycles. The monoisotopic (exact) mass is 826 g/mol. The van der Waals surface area contributed by atoms with Crippen LogP contribution < -0.4 is 4.74 Å². The minimum atomic E-state index is -0.168. The van der Waals surface area contributed by atoms with E-state index in [1.807, 2.05) is 12.3 Å². The molecule has 3 aromatic heterocycles. The number of hydrogen-bond acceptors (Lipinski definition) is 3. The molecule has 0 radical (unpaired) electrons. The van der Waals surface area contributed by atoms with Crippen LogP contribution in [0.2, 0.25) is 0 Å². The molecule has 8 aromatic rings. The molecule has 6 heteroatoms. The second kappa shape index (κ2) is 15.7. The van der Waals surface area contributed by atoms with Gasteiger partial charge in [-0.2, -0.15) is 11.2 Å². The molecule has 0 atom stereocenters. The van der Waals surface area contributed by atoms with Gasteiger partial charge in [-0.3, -0.25) is 4.68 Å². The number of rotatable bonds is 9. The summed E-state index contributed by atoms with van der Waals surface area (Å²) in [5, 5.41) is 7.51. The summed E-state index contributed by atoms with van der Waals surface area (Å²) in [7, 11) is 0. The van der Waals surface area contributed by atoms with Gasteiger partial charge in [0.2, 0.25) is 0 Å². The number of aryl methyl sites for hydroxylation is 5. The molecule has 0 fully saturated rings. The third kappa shape index (κ3) is 7.37. The third-order valence-electron chi connectivity index (χ3n) is 10.6.